The van der Waals surface area contributed by atoms with E-state index in [1.54, 1.807) is 0 Å². The van der Waals surface area contributed by atoms with E-state index in [0.717, 1.165) is 43.1 Å². The maximum atomic E-state index is 5.91. The van der Waals surface area contributed by atoms with Crippen LogP contribution >= 0.6 is 11.6 Å². The van der Waals surface area contributed by atoms with Crippen molar-refractivity contribution in [3.05, 3.63) is 23.4 Å². The number of anilines is 1. The molecule has 0 bridgehead atoms. The van der Waals surface area contributed by atoms with Crippen molar-refractivity contribution in [1.82, 2.24) is 9.88 Å². The van der Waals surface area contributed by atoms with Crippen LogP contribution in [0.5, 0.6) is 0 Å². The number of alkyl halides is 1. The van der Waals surface area contributed by atoms with Gasteiger partial charge in [0.15, 0.2) is 0 Å². The van der Waals surface area contributed by atoms with E-state index in [1.165, 1.54) is 0 Å². The lowest BCUT2D eigenvalue weighted by molar-refractivity contribution is 0.400. The molecule has 4 heteroatoms. The van der Waals surface area contributed by atoms with Crippen LogP contribution in [0, 0.1) is 6.92 Å². The van der Waals surface area contributed by atoms with Gasteiger partial charge in [-0.2, -0.15) is 0 Å². The molecule has 0 unspecified atom stereocenters. The second kappa shape index (κ2) is 7.59. The van der Waals surface area contributed by atoms with Crippen LogP contribution < -0.4 is 4.90 Å². The first-order valence-corrected chi connectivity index (χ1v) is 7.03. The molecule has 0 N–H and O–H groups in total. The largest absolute Gasteiger partial charge is 0.357 e. The summed E-state index contributed by atoms with van der Waals surface area (Å²) in [7, 11) is 4.21. The zero-order chi connectivity index (χ0) is 13.5. The minimum atomic E-state index is 0.547. The molecular weight excluding hydrogens is 246 g/mol. The van der Waals surface area contributed by atoms with Crippen LogP contribution in [0.25, 0.3) is 0 Å². The highest BCUT2D eigenvalue weighted by Gasteiger charge is 2.07. The molecule has 0 fully saturated rings. The van der Waals surface area contributed by atoms with Crippen LogP contribution in [-0.4, -0.2) is 43.6 Å². The SMILES string of the molecule is CCN(CCCN(C)C)c1cc(CCl)cc(C)n1. The fourth-order valence-electron chi connectivity index (χ4n) is 1.97. The van der Waals surface area contributed by atoms with Crippen LogP contribution in [-0.2, 0) is 5.88 Å². The van der Waals surface area contributed by atoms with Crippen molar-refractivity contribution >= 4 is 17.4 Å². The topological polar surface area (TPSA) is 19.4 Å². The highest BCUT2D eigenvalue weighted by atomic mass is 35.5. The summed E-state index contributed by atoms with van der Waals surface area (Å²) in [4.78, 5) is 9.13. The van der Waals surface area contributed by atoms with Gasteiger partial charge in [-0.25, -0.2) is 4.98 Å². The van der Waals surface area contributed by atoms with Crippen molar-refractivity contribution in [2.24, 2.45) is 0 Å². The number of aromatic nitrogens is 1. The molecule has 1 rings (SSSR count). The zero-order valence-electron chi connectivity index (χ0n) is 11.9. The first-order chi connectivity index (χ1) is 8.56. The van der Waals surface area contributed by atoms with Crippen molar-refractivity contribution in [1.29, 1.82) is 0 Å². The molecule has 3 nitrogen and oxygen atoms in total. The minimum Gasteiger partial charge on any atom is -0.357 e. The standard InChI is InChI=1S/C14H24ClN3/c1-5-18(8-6-7-17(3)4)14-10-13(11-15)9-12(2)16-14/h9-10H,5-8,11H2,1-4H3. The van der Waals surface area contributed by atoms with E-state index in [-0.39, 0.29) is 0 Å². The smallest absolute Gasteiger partial charge is 0.129 e. The summed E-state index contributed by atoms with van der Waals surface area (Å²) in [5, 5.41) is 0. The molecule has 0 aliphatic rings. The van der Waals surface area contributed by atoms with Gasteiger partial charge in [0.05, 0.1) is 0 Å². The van der Waals surface area contributed by atoms with Crippen LogP contribution in [0.2, 0.25) is 0 Å². The summed E-state index contributed by atoms with van der Waals surface area (Å²) in [5.41, 5.74) is 2.18. The lowest BCUT2D eigenvalue weighted by Crippen LogP contribution is -2.28. The third-order valence-corrected chi connectivity index (χ3v) is 3.20. The van der Waals surface area contributed by atoms with E-state index in [4.69, 9.17) is 11.6 Å². The Balaban J connectivity index is 2.71. The van der Waals surface area contributed by atoms with Crippen molar-refractivity contribution in [2.75, 3.05) is 38.6 Å². The number of hydrogen-bond acceptors (Lipinski definition) is 3. The van der Waals surface area contributed by atoms with E-state index in [1.807, 2.05) is 13.0 Å². The maximum absolute atomic E-state index is 5.91. The quantitative estimate of drug-likeness (QED) is 0.710. The molecule has 1 heterocycles. The van der Waals surface area contributed by atoms with Crippen LogP contribution in [0.1, 0.15) is 24.6 Å². The van der Waals surface area contributed by atoms with Crippen molar-refractivity contribution in [3.63, 3.8) is 0 Å². The van der Waals surface area contributed by atoms with Gasteiger partial charge in [-0.05, 0) is 58.6 Å². The zero-order valence-corrected chi connectivity index (χ0v) is 12.7. The number of halogens is 1. The summed E-state index contributed by atoms with van der Waals surface area (Å²) < 4.78 is 0. The Morgan fingerprint density at radius 3 is 2.50 bits per heavy atom. The molecule has 18 heavy (non-hydrogen) atoms. The number of pyridine rings is 1. The van der Waals surface area contributed by atoms with Crippen LogP contribution in [0.3, 0.4) is 0 Å². The molecule has 0 saturated carbocycles. The molecule has 0 aliphatic carbocycles. The number of aryl methyl sites for hydroxylation is 1. The second-order valence-electron chi connectivity index (χ2n) is 4.85. The van der Waals surface area contributed by atoms with E-state index < -0.39 is 0 Å². The van der Waals surface area contributed by atoms with E-state index in [0.29, 0.717) is 5.88 Å². The lowest BCUT2D eigenvalue weighted by atomic mass is 10.2. The molecular formula is C14H24ClN3. The summed E-state index contributed by atoms with van der Waals surface area (Å²) in [6, 6.07) is 4.14. The molecule has 0 spiro atoms. The Hall–Kier alpha value is -0.800. The summed E-state index contributed by atoms with van der Waals surface area (Å²) >= 11 is 5.91. The highest BCUT2D eigenvalue weighted by molar-refractivity contribution is 6.17. The Morgan fingerprint density at radius 1 is 1.22 bits per heavy atom. The monoisotopic (exact) mass is 269 g/mol. The van der Waals surface area contributed by atoms with Crippen LogP contribution in [0.4, 0.5) is 5.82 Å². The second-order valence-corrected chi connectivity index (χ2v) is 5.11. The Morgan fingerprint density at radius 2 is 1.94 bits per heavy atom. The molecule has 1 aromatic heterocycles. The number of nitrogens with zero attached hydrogens (tertiary/aromatic N) is 3. The van der Waals surface area contributed by atoms with E-state index in [2.05, 4.69) is 41.9 Å². The van der Waals surface area contributed by atoms with Gasteiger partial charge in [0, 0.05) is 24.7 Å². The fraction of sp³-hybridized carbons (Fsp3) is 0.643. The van der Waals surface area contributed by atoms with Gasteiger partial charge in [-0.3, -0.25) is 0 Å². The summed E-state index contributed by atoms with van der Waals surface area (Å²) in [5.74, 6) is 1.60. The Labute approximate surface area is 116 Å². The van der Waals surface area contributed by atoms with Gasteiger partial charge in [0.1, 0.15) is 5.82 Å². The molecule has 0 amide bonds. The number of rotatable bonds is 7. The number of hydrogen-bond donors (Lipinski definition) is 0. The van der Waals surface area contributed by atoms with Gasteiger partial charge in [-0.15, -0.1) is 11.6 Å². The molecule has 0 aliphatic heterocycles. The Bertz CT molecular complexity index is 366. The van der Waals surface area contributed by atoms with Crippen molar-refractivity contribution in [2.45, 2.75) is 26.1 Å². The summed E-state index contributed by atoms with van der Waals surface area (Å²) in [6.07, 6.45) is 1.15. The molecule has 0 aromatic carbocycles. The maximum Gasteiger partial charge on any atom is 0.129 e. The lowest BCUT2D eigenvalue weighted by Gasteiger charge is -2.23. The first kappa shape index (κ1) is 15.3. The first-order valence-electron chi connectivity index (χ1n) is 6.50. The van der Waals surface area contributed by atoms with Crippen molar-refractivity contribution in [3.8, 4) is 0 Å². The molecule has 0 saturated heterocycles. The van der Waals surface area contributed by atoms with Gasteiger partial charge in [-0.1, -0.05) is 0 Å². The predicted octanol–water partition coefficient (Wildman–Crippen LogP) is 2.91. The molecule has 1 aromatic rings. The third-order valence-electron chi connectivity index (χ3n) is 2.89. The highest BCUT2D eigenvalue weighted by Crippen LogP contribution is 2.16. The van der Waals surface area contributed by atoms with E-state index >= 15 is 0 Å². The normalized spacial score (nSPS) is 11.0. The van der Waals surface area contributed by atoms with Crippen LogP contribution in [0.15, 0.2) is 12.1 Å². The third kappa shape index (κ3) is 4.83. The molecule has 102 valence electrons. The van der Waals surface area contributed by atoms with Gasteiger partial charge < -0.3 is 9.80 Å². The van der Waals surface area contributed by atoms with Crippen molar-refractivity contribution < 1.29 is 0 Å². The van der Waals surface area contributed by atoms with Gasteiger partial charge in [0.2, 0.25) is 0 Å². The average molecular weight is 270 g/mol. The van der Waals surface area contributed by atoms with Gasteiger partial charge >= 0.3 is 0 Å². The predicted molar refractivity (Wildman–Crippen MR) is 79.6 cm³/mol. The fourth-order valence-corrected chi connectivity index (χ4v) is 2.13. The minimum absolute atomic E-state index is 0.547. The molecule has 0 atom stereocenters. The molecule has 0 radical (unpaired) electrons. The van der Waals surface area contributed by atoms with Gasteiger partial charge in [0.25, 0.3) is 0 Å². The average Bonchev–Trinajstić information content (AvgIpc) is 2.33. The van der Waals surface area contributed by atoms with E-state index in [9.17, 15) is 0 Å². The summed E-state index contributed by atoms with van der Waals surface area (Å²) in [6.45, 7) is 7.30. The Kier molecular flexibility index (Phi) is 6.44.